The van der Waals surface area contributed by atoms with Gasteiger partial charge in [0.1, 0.15) is 17.0 Å². The summed E-state index contributed by atoms with van der Waals surface area (Å²) < 4.78 is 4.95. The molecule has 7 nitrogen and oxygen atoms in total. The number of aromatic carboxylic acids is 1. The molecule has 1 aromatic heterocycles. The van der Waals surface area contributed by atoms with Gasteiger partial charge in [0.15, 0.2) is 5.76 Å². The van der Waals surface area contributed by atoms with Gasteiger partial charge in [0, 0.05) is 11.1 Å². The monoisotopic (exact) mass is 288 g/mol. The molecule has 1 heterocycles. The first-order valence-corrected chi connectivity index (χ1v) is 6.01. The normalized spacial score (nSPS) is 10.3. The zero-order valence-electron chi connectivity index (χ0n) is 11.1. The van der Waals surface area contributed by atoms with Crippen molar-refractivity contribution in [1.82, 2.24) is 5.16 Å². The minimum atomic E-state index is -1.26. The third kappa shape index (κ3) is 2.97. The smallest absolute Gasteiger partial charge is 0.341 e. The van der Waals surface area contributed by atoms with Crippen molar-refractivity contribution >= 4 is 17.7 Å². The van der Waals surface area contributed by atoms with Gasteiger partial charge in [-0.1, -0.05) is 17.3 Å². The molecule has 21 heavy (non-hydrogen) atoms. The largest absolute Gasteiger partial charge is 0.477 e. The number of benzene rings is 1. The lowest BCUT2D eigenvalue weighted by atomic mass is 10.0. The molecule has 0 saturated carbocycles. The Hall–Kier alpha value is -2.96. The third-order valence-electron chi connectivity index (χ3n) is 2.81. The first kappa shape index (κ1) is 14.4. The predicted molar refractivity (Wildman–Crippen MR) is 71.8 cm³/mol. The van der Waals surface area contributed by atoms with Gasteiger partial charge in [-0.25, -0.2) is 4.79 Å². The van der Waals surface area contributed by atoms with Crippen molar-refractivity contribution in [2.75, 3.05) is 0 Å². The van der Waals surface area contributed by atoms with Gasteiger partial charge in [-0.15, -0.1) is 0 Å². The lowest BCUT2D eigenvalue weighted by Gasteiger charge is -2.01. The lowest BCUT2D eigenvalue weighted by molar-refractivity contribution is -0.116. The number of aromatic nitrogens is 1. The zero-order valence-corrected chi connectivity index (χ0v) is 11.1. The van der Waals surface area contributed by atoms with Gasteiger partial charge in [-0.3, -0.25) is 9.59 Å². The first-order chi connectivity index (χ1) is 9.90. The molecule has 0 fully saturated rings. The van der Waals surface area contributed by atoms with E-state index in [0.29, 0.717) is 5.56 Å². The predicted octanol–water partition coefficient (Wildman–Crippen LogP) is 1.27. The fraction of sp³-hybridized carbons (Fsp3) is 0.143. The molecule has 0 aliphatic rings. The Morgan fingerprint density at radius 2 is 2.05 bits per heavy atom. The number of hydrogen-bond donors (Lipinski definition) is 2. The van der Waals surface area contributed by atoms with Crippen molar-refractivity contribution in [1.29, 1.82) is 0 Å². The number of nitrogens with two attached hydrogens (primary N) is 1. The highest BCUT2D eigenvalue weighted by Gasteiger charge is 2.24. The molecular weight excluding hydrogens is 276 g/mol. The summed E-state index contributed by atoms with van der Waals surface area (Å²) in [6.45, 7) is 1.32. The molecular formula is C14H12N2O5. The molecule has 0 unspecified atom stereocenters. The molecule has 2 rings (SSSR count). The summed E-state index contributed by atoms with van der Waals surface area (Å²) in [6, 6.07) is 6.06. The van der Waals surface area contributed by atoms with E-state index in [4.69, 9.17) is 10.3 Å². The van der Waals surface area contributed by atoms with Crippen LogP contribution in [0.2, 0.25) is 0 Å². The fourth-order valence-electron chi connectivity index (χ4n) is 1.91. The minimum absolute atomic E-state index is 0.0190. The first-order valence-electron chi connectivity index (χ1n) is 6.01. The number of hydrogen-bond acceptors (Lipinski definition) is 5. The van der Waals surface area contributed by atoms with Gasteiger partial charge in [0.2, 0.25) is 5.91 Å². The maximum Gasteiger partial charge on any atom is 0.341 e. The second-order valence-corrected chi connectivity index (χ2v) is 4.46. The highest BCUT2D eigenvalue weighted by Crippen LogP contribution is 2.26. The van der Waals surface area contributed by atoms with E-state index in [1.165, 1.54) is 19.1 Å². The van der Waals surface area contributed by atoms with Gasteiger partial charge in [0.25, 0.3) is 0 Å². The molecule has 0 spiro atoms. The van der Waals surface area contributed by atoms with Crippen molar-refractivity contribution < 1.29 is 24.0 Å². The maximum absolute atomic E-state index is 11.4. The molecule has 0 saturated heterocycles. The van der Waals surface area contributed by atoms with Crippen LogP contribution in [0, 0.1) is 0 Å². The number of Topliss-reactive ketones (excluding diaryl/α,β-unsaturated/α-hetero) is 1. The molecule has 2 aromatic rings. The molecule has 0 aliphatic carbocycles. The van der Waals surface area contributed by atoms with Crippen LogP contribution in [-0.2, 0) is 11.2 Å². The van der Waals surface area contributed by atoms with E-state index in [0.717, 1.165) is 0 Å². The maximum atomic E-state index is 11.4. The van der Waals surface area contributed by atoms with Crippen LogP contribution in [0.25, 0.3) is 11.3 Å². The Kier molecular flexibility index (Phi) is 3.84. The quantitative estimate of drug-likeness (QED) is 0.853. The van der Waals surface area contributed by atoms with Crippen molar-refractivity contribution in [3.8, 4) is 11.3 Å². The summed E-state index contributed by atoms with van der Waals surface area (Å²) in [5.41, 5.74) is 5.65. The Bertz CT molecular complexity index is 733. The standard InChI is InChI=1S/C14H12N2O5/c1-7(17)5-10-11(14(19)20)12(16-21-10)8-3-2-4-9(6-8)13(15)18/h2-4,6H,5H2,1H3,(H2,15,18)(H,19,20). The van der Waals surface area contributed by atoms with Gasteiger partial charge in [-0.05, 0) is 19.1 Å². The van der Waals surface area contributed by atoms with E-state index in [-0.39, 0.29) is 34.8 Å². The van der Waals surface area contributed by atoms with Crippen LogP contribution < -0.4 is 5.73 Å². The number of carboxylic acids is 1. The topological polar surface area (TPSA) is 123 Å². The van der Waals surface area contributed by atoms with Crippen LogP contribution in [0.5, 0.6) is 0 Å². The van der Waals surface area contributed by atoms with E-state index in [9.17, 15) is 19.5 Å². The Morgan fingerprint density at radius 3 is 2.62 bits per heavy atom. The molecule has 108 valence electrons. The highest BCUT2D eigenvalue weighted by molar-refractivity contribution is 5.98. The second-order valence-electron chi connectivity index (χ2n) is 4.46. The number of ketones is 1. The van der Waals surface area contributed by atoms with Crippen molar-refractivity contribution in [3.63, 3.8) is 0 Å². The number of carbonyl (C=O) groups excluding carboxylic acids is 2. The Morgan fingerprint density at radius 1 is 1.33 bits per heavy atom. The summed E-state index contributed by atoms with van der Waals surface area (Å²) in [5, 5.41) is 13.0. The van der Waals surface area contributed by atoms with Crippen LogP contribution in [0.1, 0.15) is 33.4 Å². The number of rotatable bonds is 5. The average molecular weight is 288 g/mol. The fourth-order valence-corrected chi connectivity index (χ4v) is 1.91. The summed E-state index contributed by atoms with van der Waals surface area (Å²) in [6.07, 6.45) is -0.163. The molecule has 0 atom stereocenters. The van der Waals surface area contributed by atoms with E-state index in [2.05, 4.69) is 5.16 Å². The molecule has 0 aliphatic heterocycles. The van der Waals surface area contributed by atoms with Crippen molar-refractivity contribution in [2.45, 2.75) is 13.3 Å². The summed E-state index contributed by atoms with van der Waals surface area (Å²) >= 11 is 0. The average Bonchev–Trinajstić information content (AvgIpc) is 2.81. The lowest BCUT2D eigenvalue weighted by Crippen LogP contribution is -2.10. The SMILES string of the molecule is CC(=O)Cc1onc(-c2cccc(C(N)=O)c2)c1C(=O)O. The molecule has 7 heteroatoms. The summed E-state index contributed by atoms with van der Waals surface area (Å²) in [5.74, 6) is -2.16. The van der Waals surface area contributed by atoms with Crippen molar-refractivity contribution in [3.05, 3.63) is 41.2 Å². The van der Waals surface area contributed by atoms with Crippen LogP contribution in [0.4, 0.5) is 0 Å². The number of carbonyl (C=O) groups is 3. The highest BCUT2D eigenvalue weighted by atomic mass is 16.5. The number of carboxylic acid groups (broad SMARTS) is 1. The number of primary amides is 1. The molecule has 1 aromatic carbocycles. The van der Waals surface area contributed by atoms with Crippen LogP contribution in [-0.4, -0.2) is 27.9 Å². The number of amides is 1. The second kappa shape index (κ2) is 5.58. The van der Waals surface area contributed by atoms with E-state index in [1.54, 1.807) is 12.1 Å². The van der Waals surface area contributed by atoms with Crippen LogP contribution >= 0.6 is 0 Å². The molecule has 0 bridgehead atoms. The van der Waals surface area contributed by atoms with Crippen molar-refractivity contribution in [2.24, 2.45) is 5.73 Å². The Balaban J connectivity index is 2.56. The van der Waals surface area contributed by atoms with Gasteiger partial charge >= 0.3 is 5.97 Å². The summed E-state index contributed by atoms with van der Waals surface area (Å²) in [7, 11) is 0. The summed E-state index contributed by atoms with van der Waals surface area (Å²) in [4.78, 5) is 33.7. The van der Waals surface area contributed by atoms with Gasteiger partial charge < -0.3 is 15.4 Å². The van der Waals surface area contributed by atoms with E-state index >= 15 is 0 Å². The van der Waals surface area contributed by atoms with E-state index in [1.807, 2.05) is 0 Å². The number of nitrogens with zero attached hydrogens (tertiary/aromatic N) is 1. The molecule has 3 N–H and O–H groups in total. The van der Waals surface area contributed by atoms with Gasteiger partial charge in [-0.2, -0.15) is 0 Å². The third-order valence-corrected chi connectivity index (χ3v) is 2.81. The molecule has 0 radical (unpaired) electrons. The van der Waals surface area contributed by atoms with E-state index < -0.39 is 11.9 Å². The van der Waals surface area contributed by atoms with Crippen LogP contribution in [0.15, 0.2) is 28.8 Å². The van der Waals surface area contributed by atoms with Crippen LogP contribution in [0.3, 0.4) is 0 Å². The molecule has 1 amide bonds. The minimum Gasteiger partial charge on any atom is -0.477 e. The Labute approximate surface area is 119 Å². The van der Waals surface area contributed by atoms with Gasteiger partial charge in [0.05, 0.1) is 6.42 Å². The zero-order chi connectivity index (χ0) is 15.6.